The molecule has 0 aliphatic carbocycles. The van der Waals surface area contributed by atoms with E-state index in [9.17, 15) is 4.79 Å². The maximum atomic E-state index is 12.7. The molecular weight excluding hydrogens is 312 g/mol. The highest BCUT2D eigenvalue weighted by Gasteiger charge is 2.23. The van der Waals surface area contributed by atoms with Crippen LogP contribution in [0.3, 0.4) is 0 Å². The van der Waals surface area contributed by atoms with Gasteiger partial charge in [0.1, 0.15) is 10.7 Å². The number of fused-ring (bicyclic) bond motifs is 1. The second kappa shape index (κ2) is 5.66. The molecule has 0 unspecified atom stereocenters. The van der Waals surface area contributed by atoms with Gasteiger partial charge < -0.3 is 4.90 Å². The summed E-state index contributed by atoms with van der Waals surface area (Å²) >= 11 is 3.18. The molecule has 0 fully saturated rings. The predicted octanol–water partition coefficient (Wildman–Crippen LogP) is 4.07. The third-order valence-electron chi connectivity index (χ3n) is 3.91. The lowest BCUT2D eigenvalue weighted by atomic mass is 10.00. The van der Waals surface area contributed by atoms with Gasteiger partial charge in [-0.05, 0) is 29.0 Å². The van der Waals surface area contributed by atoms with Crippen LogP contribution in [0.1, 0.15) is 21.6 Å². The van der Waals surface area contributed by atoms with Crippen LogP contribution in [0.2, 0.25) is 0 Å². The van der Waals surface area contributed by atoms with E-state index in [1.165, 1.54) is 22.5 Å². The maximum absolute atomic E-state index is 12.7. The van der Waals surface area contributed by atoms with Gasteiger partial charge in [0, 0.05) is 29.4 Å². The number of amides is 1. The zero-order valence-electron chi connectivity index (χ0n) is 11.9. The molecule has 5 heteroatoms. The monoisotopic (exact) mass is 326 g/mol. The van der Waals surface area contributed by atoms with Crippen LogP contribution < -0.4 is 0 Å². The molecule has 1 aliphatic rings. The smallest absolute Gasteiger partial charge is 0.273 e. The highest BCUT2D eigenvalue weighted by molar-refractivity contribution is 7.14. The van der Waals surface area contributed by atoms with Gasteiger partial charge in [0.2, 0.25) is 0 Å². The number of benzene rings is 1. The largest absolute Gasteiger partial charge is 0.333 e. The zero-order chi connectivity index (χ0) is 14.9. The summed E-state index contributed by atoms with van der Waals surface area (Å²) in [6.45, 7) is 1.45. The third-order valence-corrected chi connectivity index (χ3v) is 5.48. The third kappa shape index (κ3) is 2.46. The molecule has 1 amide bonds. The number of thiophene rings is 1. The quantitative estimate of drug-likeness (QED) is 0.711. The van der Waals surface area contributed by atoms with Crippen molar-refractivity contribution in [3.05, 3.63) is 63.3 Å². The molecule has 4 rings (SSSR count). The minimum atomic E-state index is 0.0345. The van der Waals surface area contributed by atoms with Crippen molar-refractivity contribution in [3.8, 4) is 10.6 Å². The highest BCUT2D eigenvalue weighted by atomic mass is 32.1. The Morgan fingerprint density at radius 3 is 2.82 bits per heavy atom. The molecule has 22 heavy (non-hydrogen) atoms. The average molecular weight is 326 g/mol. The predicted molar refractivity (Wildman–Crippen MR) is 90.3 cm³/mol. The SMILES string of the molecule is O=C(c1csc(-c2ccsc2)n1)N1CCc2ccccc2C1. The van der Waals surface area contributed by atoms with Crippen molar-refractivity contribution in [2.45, 2.75) is 13.0 Å². The Morgan fingerprint density at radius 1 is 1.14 bits per heavy atom. The van der Waals surface area contributed by atoms with E-state index in [1.54, 1.807) is 11.3 Å². The molecule has 0 N–H and O–H groups in total. The first-order valence-electron chi connectivity index (χ1n) is 7.15. The molecule has 3 heterocycles. The lowest BCUT2D eigenvalue weighted by molar-refractivity contribution is 0.0729. The second-order valence-corrected chi connectivity index (χ2v) is 6.93. The molecule has 0 spiro atoms. The molecule has 0 bridgehead atoms. The van der Waals surface area contributed by atoms with Crippen LogP contribution >= 0.6 is 22.7 Å². The number of hydrogen-bond donors (Lipinski definition) is 0. The fraction of sp³-hybridized carbons (Fsp3) is 0.176. The lowest BCUT2D eigenvalue weighted by Crippen LogP contribution is -2.36. The molecule has 2 aromatic heterocycles. The molecule has 3 nitrogen and oxygen atoms in total. The summed E-state index contributed by atoms with van der Waals surface area (Å²) in [4.78, 5) is 19.1. The normalized spacial score (nSPS) is 13.9. The second-order valence-electron chi connectivity index (χ2n) is 5.30. The number of thiazole rings is 1. The van der Waals surface area contributed by atoms with Gasteiger partial charge in [-0.2, -0.15) is 11.3 Å². The van der Waals surface area contributed by atoms with Gasteiger partial charge in [-0.15, -0.1) is 11.3 Å². The van der Waals surface area contributed by atoms with E-state index in [-0.39, 0.29) is 5.91 Å². The van der Waals surface area contributed by atoms with Gasteiger partial charge >= 0.3 is 0 Å². The summed E-state index contributed by atoms with van der Waals surface area (Å²) in [5.41, 5.74) is 4.25. The Bertz CT molecular complexity index is 808. The van der Waals surface area contributed by atoms with Gasteiger partial charge in [-0.25, -0.2) is 4.98 Å². The Morgan fingerprint density at radius 2 is 2.00 bits per heavy atom. The molecule has 3 aromatic rings. The molecule has 110 valence electrons. The standard InChI is InChI=1S/C17H14N2OS2/c20-17(15-11-22-16(18-15)14-6-8-21-10-14)19-7-5-12-3-1-2-4-13(12)9-19/h1-4,6,8,10-11H,5,7,9H2. The van der Waals surface area contributed by atoms with E-state index in [4.69, 9.17) is 0 Å². The molecule has 1 aromatic carbocycles. The van der Waals surface area contributed by atoms with E-state index in [0.29, 0.717) is 12.2 Å². The number of hydrogen-bond acceptors (Lipinski definition) is 4. The van der Waals surface area contributed by atoms with Gasteiger partial charge in [0.15, 0.2) is 0 Å². The minimum absolute atomic E-state index is 0.0345. The van der Waals surface area contributed by atoms with Crippen molar-refractivity contribution in [1.29, 1.82) is 0 Å². The van der Waals surface area contributed by atoms with Crippen molar-refractivity contribution in [2.75, 3.05) is 6.54 Å². The fourth-order valence-corrected chi connectivity index (χ4v) is 4.23. The van der Waals surface area contributed by atoms with Gasteiger partial charge in [0.05, 0.1) is 0 Å². The number of nitrogens with zero attached hydrogens (tertiary/aromatic N) is 2. The maximum Gasteiger partial charge on any atom is 0.273 e. The van der Waals surface area contributed by atoms with Crippen LogP contribution in [0.5, 0.6) is 0 Å². The first kappa shape index (κ1) is 13.7. The Hall–Kier alpha value is -1.98. The molecule has 0 saturated carbocycles. The highest BCUT2D eigenvalue weighted by Crippen LogP contribution is 2.27. The van der Waals surface area contributed by atoms with Crippen LogP contribution in [0.25, 0.3) is 10.6 Å². The Kier molecular flexibility index (Phi) is 3.52. The van der Waals surface area contributed by atoms with Crippen molar-refractivity contribution in [2.24, 2.45) is 0 Å². The summed E-state index contributed by atoms with van der Waals surface area (Å²) in [5.74, 6) is 0.0345. The van der Waals surface area contributed by atoms with Crippen LogP contribution in [0.4, 0.5) is 0 Å². The molecule has 0 atom stereocenters. The Labute approximate surface area is 136 Å². The number of rotatable bonds is 2. The minimum Gasteiger partial charge on any atom is -0.333 e. The molecule has 0 saturated heterocycles. The van der Waals surface area contributed by atoms with Crippen molar-refractivity contribution in [3.63, 3.8) is 0 Å². The summed E-state index contributed by atoms with van der Waals surface area (Å²) < 4.78 is 0. The zero-order valence-corrected chi connectivity index (χ0v) is 13.5. The van der Waals surface area contributed by atoms with E-state index in [0.717, 1.165) is 23.5 Å². The van der Waals surface area contributed by atoms with Crippen molar-refractivity contribution >= 4 is 28.6 Å². The lowest BCUT2D eigenvalue weighted by Gasteiger charge is -2.28. The fourth-order valence-electron chi connectivity index (χ4n) is 2.72. The topological polar surface area (TPSA) is 33.2 Å². The number of carbonyl (C=O) groups excluding carboxylic acids is 1. The first-order valence-corrected chi connectivity index (χ1v) is 8.97. The van der Waals surface area contributed by atoms with E-state index in [1.807, 2.05) is 27.8 Å². The molecular formula is C17H14N2OS2. The number of carbonyl (C=O) groups is 1. The van der Waals surface area contributed by atoms with E-state index in [2.05, 4.69) is 28.6 Å². The van der Waals surface area contributed by atoms with Gasteiger partial charge in [-0.3, -0.25) is 4.79 Å². The van der Waals surface area contributed by atoms with Crippen LogP contribution in [0, 0.1) is 0 Å². The van der Waals surface area contributed by atoms with Crippen LogP contribution in [0.15, 0.2) is 46.5 Å². The number of aromatic nitrogens is 1. The molecule has 0 radical (unpaired) electrons. The molecule has 1 aliphatic heterocycles. The van der Waals surface area contributed by atoms with Crippen molar-refractivity contribution in [1.82, 2.24) is 9.88 Å². The first-order chi connectivity index (χ1) is 10.8. The van der Waals surface area contributed by atoms with E-state index >= 15 is 0 Å². The summed E-state index contributed by atoms with van der Waals surface area (Å²) in [6.07, 6.45) is 0.920. The Balaban J connectivity index is 1.56. The summed E-state index contributed by atoms with van der Waals surface area (Å²) in [5, 5.41) is 6.88. The van der Waals surface area contributed by atoms with Crippen LogP contribution in [-0.4, -0.2) is 22.3 Å². The van der Waals surface area contributed by atoms with Gasteiger partial charge in [-0.1, -0.05) is 24.3 Å². The van der Waals surface area contributed by atoms with Gasteiger partial charge in [0.25, 0.3) is 5.91 Å². The van der Waals surface area contributed by atoms with Crippen molar-refractivity contribution < 1.29 is 4.79 Å². The van der Waals surface area contributed by atoms with Crippen LogP contribution in [-0.2, 0) is 13.0 Å². The summed E-state index contributed by atoms with van der Waals surface area (Å²) in [6, 6.07) is 10.4. The summed E-state index contributed by atoms with van der Waals surface area (Å²) in [7, 11) is 0. The van der Waals surface area contributed by atoms with E-state index < -0.39 is 0 Å². The average Bonchev–Trinajstić information content (AvgIpc) is 3.24.